The second-order valence-electron chi connectivity index (χ2n) is 4.52. The van der Waals surface area contributed by atoms with Gasteiger partial charge in [-0.25, -0.2) is 0 Å². The lowest BCUT2D eigenvalue weighted by Crippen LogP contribution is -2.44. The molecule has 1 unspecified atom stereocenters. The van der Waals surface area contributed by atoms with Crippen LogP contribution in [-0.2, 0) is 0 Å². The van der Waals surface area contributed by atoms with Gasteiger partial charge in [0, 0.05) is 31.2 Å². The molecule has 1 aliphatic heterocycles. The molecule has 0 aliphatic carbocycles. The highest BCUT2D eigenvalue weighted by atomic mass is 35.5. The van der Waals surface area contributed by atoms with Crippen LogP contribution in [0.15, 0.2) is 16.5 Å². The molecule has 0 N–H and O–H groups in total. The summed E-state index contributed by atoms with van der Waals surface area (Å²) in [5.74, 6) is 0. The van der Waals surface area contributed by atoms with Crippen LogP contribution in [0.1, 0.15) is 0 Å². The number of hydrogen-bond donors (Lipinski definition) is 0. The smallest absolute Gasteiger partial charge is 0.298 e. The van der Waals surface area contributed by atoms with E-state index >= 15 is 0 Å². The second kappa shape index (κ2) is 14.0. The van der Waals surface area contributed by atoms with Gasteiger partial charge in [0.2, 0.25) is 0 Å². The van der Waals surface area contributed by atoms with Gasteiger partial charge < -0.3 is 14.2 Å². The first-order valence-electron chi connectivity index (χ1n) is 5.82. The number of piperazine rings is 1. The van der Waals surface area contributed by atoms with Gasteiger partial charge in [-0.2, -0.15) is 14.9 Å². The summed E-state index contributed by atoms with van der Waals surface area (Å²) >= 11 is 12.0. The van der Waals surface area contributed by atoms with E-state index in [0.717, 1.165) is 26.2 Å². The summed E-state index contributed by atoms with van der Waals surface area (Å²) in [5.41, 5.74) is 1.32. The van der Waals surface area contributed by atoms with Gasteiger partial charge in [-0.05, 0) is 19.2 Å². The lowest BCUT2D eigenvalue weighted by atomic mass is 10.3. The molecule has 1 fully saturated rings. The molecule has 1 saturated heterocycles. The summed E-state index contributed by atoms with van der Waals surface area (Å²) in [7, 11) is 2.11. The Labute approximate surface area is 186 Å². The average Bonchev–Trinajstić information content (AvgIpc) is 2.74. The number of fused-ring (bicyclic) bond motifs is 1. The van der Waals surface area contributed by atoms with E-state index in [4.69, 9.17) is 27.6 Å². The summed E-state index contributed by atoms with van der Waals surface area (Å²) in [5, 5.41) is 1.08. The van der Waals surface area contributed by atoms with E-state index in [1.807, 2.05) is 0 Å². The molecular formula is C12H21Cl7N3OP. The van der Waals surface area contributed by atoms with Crippen molar-refractivity contribution in [2.75, 3.05) is 38.1 Å². The molecule has 1 atom stereocenters. The Kier molecular flexibility index (Phi) is 19.0. The Hall–Kier alpha value is 0.910. The molecule has 0 bridgehead atoms. The fourth-order valence-electron chi connectivity index (χ4n) is 2.08. The number of benzene rings is 1. The summed E-state index contributed by atoms with van der Waals surface area (Å²) in [6.45, 7) is 3.84. The quantitative estimate of drug-likeness (QED) is 0.511. The molecular weight excluding hydrogens is 481 g/mol. The monoisotopic (exact) mass is 499 g/mol. The zero-order valence-corrected chi connectivity index (χ0v) is 19.7. The zero-order chi connectivity index (χ0) is 12.7. The number of oxazole rings is 1. The van der Waals surface area contributed by atoms with Crippen LogP contribution in [0.5, 0.6) is 0 Å². The molecule has 1 aromatic carbocycles. The molecule has 2 aromatic rings. The second-order valence-corrected chi connectivity index (χ2v) is 5.37. The Morgan fingerprint density at radius 3 is 2.04 bits per heavy atom. The van der Waals surface area contributed by atoms with Crippen molar-refractivity contribution >= 4 is 112 Å². The van der Waals surface area contributed by atoms with Crippen LogP contribution in [0.3, 0.4) is 0 Å². The first-order chi connectivity index (χ1) is 8.63. The third-order valence-electron chi connectivity index (χ3n) is 3.17. The molecule has 2 heterocycles. The van der Waals surface area contributed by atoms with Crippen molar-refractivity contribution in [3.8, 4) is 0 Å². The van der Waals surface area contributed by atoms with Gasteiger partial charge in [0.05, 0.1) is 5.02 Å². The first-order valence-corrected chi connectivity index (χ1v) is 6.58. The molecule has 144 valence electrons. The molecule has 0 spiro atoms. The molecule has 0 amide bonds. The molecule has 0 saturated carbocycles. The van der Waals surface area contributed by atoms with Gasteiger partial charge in [0.1, 0.15) is 5.52 Å². The van der Waals surface area contributed by atoms with E-state index in [1.54, 1.807) is 12.1 Å². The molecule has 0 radical (unpaired) electrons. The van der Waals surface area contributed by atoms with Crippen LogP contribution in [0.2, 0.25) is 10.0 Å². The average molecular weight is 502 g/mol. The van der Waals surface area contributed by atoms with Crippen molar-refractivity contribution in [3.05, 3.63) is 22.2 Å². The maximum absolute atomic E-state index is 6.09. The van der Waals surface area contributed by atoms with Crippen molar-refractivity contribution in [1.82, 2.24) is 9.88 Å². The Balaban J connectivity index is -0.000000333. The van der Waals surface area contributed by atoms with E-state index in [9.17, 15) is 0 Å². The number of aromatic nitrogens is 1. The molecule has 4 nitrogen and oxygen atoms in total. The molecule has 24 heavy (non-hydrogen) atoms. The molecule has 1 aliphatic rings. The third-order valence-corrected chi connectivity index (χ3v) is 3.67. The number of rotatable bonds is 1. The highest BCUT2D eigenvalue weighted by Gasteiger charge is 2.20. The predicted molar refractivity (Wildman–Crippen MR) is 121 cm³/mol. The third kappa shape index (κ3) is 7.26. The highest BCUT2D eigenvalue weighted by molar-refractivity contribution is 6.92. The number of halogens is 7. The van der Waals surface area contributed by atoms with Gasteiger partial charge in [-0.3, -0.25) is 0 Å². The Morgan fingerprint density at radius 1 is 0.958 bits per heavy atom. The maximum atomic E-state index is 6.09. The fourth-order valence-corrected chi connectivity index (χ4v) is 2.60. The van der Waals surface area contributed by atoms with Crippen LogP contribution in [0, 0.1) is 0 Å². The zero-order valence-electron chi connectivity index (χ0n) is 12.7. The SMILES string of the molecule is CN1CCN(c2nc3cc(Cl)cc(Cl)c3o2)CC1.Cl.Cl.Cl.Cl.Cl.P. The van der Waals surface area contributed by atoms with Crippen molar-refractivity contribution in [3.63, 3.8) is 0 Å². The van der Waals surface area contributed by atoms with Crippen molar-refractivity contribution < 1.29 is 4.42 Å². The summed E-state index contributed by atoms with van der Waals surface area (Å²) < 4.78 is 5.73. The standard InChI is InChI=1S/C12H13Cl2N3O.5ClH.H3P/c1-16-2-4-17(5-3-16)12-15-10-7-8(13)6-9(14)11(10)18-12;;;;;;/h6-7H,2-5H2,1H3;5*1H;1H3. The van der Waals surface area contributed by atoms with E-state index in [1.165, 1.54) is 0 Å². The number of anilines is 1. The summed E-state index contributed by atoms with van der Waals surface area (Å²) in [6, 6.07) is 4.07. The van der Waals surface area contributed by atoms with Gasteiger partial charge in [0.25, 0.3) is 6.01 Å². The highest BCUT2D eigenvalue weighted by Crippen LogP contribution is 2.31. The van der Waals surface area contributed by atoms with Gasteiger partial charge in [0.15, 0.2) is 5.58 Å². The van der Waals surface area contributed by atoms with E-state index in [-0.39, 0.29) is 71.9 Å². The van der Waals surface area contributed by atoms with Crippen molar-refractivity contribution in [2.24, 2.45) is 0 Å². The number of hydrogen-bond acceptors (Lipinski definition) is 4. The first kappa shape index (κ1) is 32.6. The van der Waals surface area contributed by atoms with Crippen LogP contribution < -0.4 is 4.90 Å². The van der Waals surface area contributed by atoms with Crippen LogP contribution >= 0.6 is 95.1 Å². The fraction of sp³-hybridized carbons (Fsp3) is 0.417. The van der Waals surface area contributed by atoms with Gasteiger partial charge >= 0.3 is 0 Å². The molecule has 1 aromatic heterocycles. The lowest BCUT2D eigenvalue weighted by Gasteiger charge is -2.31. The van der Waals surface area contributed by atoms with E-state index in [0.29, 0.717) is 27.2 Å². The normalized spacial score (nSPS) is 13.2. The van der Waals surface area contributed by atoms with Crippen LogP contribution in [-0.4, -0.2) is 43.1 Å². The topological polar surface area (TPSA) is 32.5 Å². The molecule has 3 rings (SSSR count). The Bertz CT molecular complexity index is 593. The van der Waals surface area contributed by atoms with E-state index < -0.39 is 0 Å². The van der Waals surface area contributed by atoms with Gasteiger partial charge in [-0.15, -0.1) is 62.0 Å². The summed E-state index contributed by atoms with van der Waals surface area (Å²) in [4.78, 5) is 8.86. The number of nitrogens with zero attached hydrogens (tertiary/aromatic N) is 3. The lowest BCUT2D eigenvalue weighted by molar-refractivity contribution is 0.305. The maximum Gasteiger partial charge on any atom is 0.298 e. The minimum atomic E-state index is 0. The Morgan fingerprint density at radius 2 is 1.50 bits per heavy atom. The van der Waals surface area contributed by atoms with Crippen molar-refractivity contribution in [2.45, 2.75) is 0 Å². The molecule has 12 heteroatoms. The predicted octanol–water partition coefficient (Wildman–Crippen LogP) is 5.05. The minimum absolute atomic E-state index is 0. The number of likely N-dealkylation sites (N-methyl/N-ethyl adjacent to an activating group) is 1. The van der Waals surface area contributed by atoms with Crippen LogP contribution in [0.25, 0.3) is 11.1 Å². The largest absolute Gasteiger partial charge is 0.422 e. The minimum Gasteiger partial charge on any atom is -0.422 e. The van der Waals surface area contributed by atoms with Crippen molar-refractivity contribution in [1.29, 1.82) is 0 Å². The van der Waals surface area contributed by atoms with Gasteiger partial charge in [-0.1, -0.05) is 23.2 Å². The summed E-state index contributed by atoms with van der Waals surface area (Å²) in [6.07, 6.45) is 0. The van der Waals surface area contributed by atoms with Crippen LogP contribution in [0.4, 0.5) is 6.01 Å². The van der Waals surface area contributed by atoms with E-state index in [2.05, 4.69) is 21.8 Å².